The number of halogens is 1. The largest absolute Gasteiger partial charge is 0.348 e. The van der Waals surface area contributed by atoms with Crippen molar-refractivity contribution in [2.75, 3.05) is 0 Å². The predicted molar refractivity (Wildman–Crippen MR) is 86.4 cm³/mol. The molecule has 24 heavy (non-hydrogen) atoms. The van der Waals surface area contributed by atoms with Crippen LogP contribution in [0.15, 0.2) is 61.3 Å². The van der Waals surface area contributed by atoms with Crippen molar-refractivity contribution in [3.8, 4) is 5.82 Å². The van der Waals surface area contributed by atoms with Crippen molar-refractivity contribution in [3.05, 3.63) is 78.3 Å². The maximum absolute atomic E-state index is 12.8. The first-order chi connectivity index (χ1) is 11.7. The Bertz CT molecular complexity index is 844. The molecule has 0 fully saturated rings. The summed E-state index contributed by atoms with van der Waals surface area (Å²) in [7, 11) is 0. The summed E-state index contributed by atoms with van der Waals surface area (Å²) < 4.78 is 14.4. The van der Waals surface area contributed by atoms with Crippen LogP contribution >= 0.6 is 0 Å². The third-order valence-electron chi connectivity index (χ3n) is 3.25. The van der Waals surface area contributed by atoms with Crippen LogP contribution in [-0.4, -0.2) is 25.7 Å². The number of nitrogens with one attached hydrogen (secondary N) is 1. The lowest BCUT2D eigenvalue weighted by molar-refractivity contribution is -0.116. The highest BCUT2D eigenvalue weighted by Crippen LogP contribution is 2.09. The Labute approximate surface area is 137 Å². The van der Waals surface area contributed by atoms with Crippen LogP contribution in [0.25, 0.3) is 11.9 Å². The van der Waals surface area contributed by atoms with Crippen LogP contribution in [0.2, 0.25) is 0 Å². The van der Waals surface area contributed by atoms with Crippen LogP contribution in [-0.2, 0) is 11.3 Å². The van der Waals surface area contributed by atoms with Gasteiger partial charge in [-0.15, -0.1) is 0 Å². The molecule has 6 nitrogen and oxygen atoms in total. The Morgan fingerprint density at radius 2 is 2.08 bits per heavy atom. The van der Waals surface area contributed by atoms with Crippen molar-refractivity contribution in [1.29, 1.82) is 0 Å². The van der Waals surface area contributed by atoms with Gasteiger partial charge in [0.15, 0.2) is 5.82 Å². The quantitative estimate of drug-likeness (QED) is 0.730. The van der Waals surface area contributed by atoms with E-state index in [1.165, 1.54) is 29.2 Å². The topological polar surface area (TPSA) is 72.7 Å². The van der Waals surface area contributed by atoms with E-state index in [2.05, 4.69) is 20.4 Å². The number of pyridine rings is 1. The zero-order valence-corrected chi connectivity index (χ0v) is 12.6. The summed E-state index contributed by atoms with van der Waals surface area (Å²) in [6.07, 6.45) is 7.64. The summed E-state index contributed by atoms with van der Waals surface area (Å²) in [6, 6.07) is 9.53. The average molecular weight is 323 g/mol. The van der Waals surface area contributed by atoms with E-state index >= 15 is 0 Å². The van der Waals surface area contributed by atoms with Gasteiger partial charge in [0.25, 0.3) is 0 Å². The van der Waals surface area contributed by atoms with Gasteiger partial charge in [-0.2, -0.15) is 5.10 Å². The van der Waals surface area contributed by atoms with Gasteiger partial charge in [0, 0.05) is 24.4 Å². The molecule has 0 bridgehead atoms. The van der Waals surface area contributed by atoms with E-state index in [-0.39, 0.29) is 11.7 Å². The molecule has 0 aliphatic rings. The molecule has 1 amide bonds. The smallest absolute Gasteiger partial charge is 0.244 e. The number of carbonyl (C=O) groups excluding carboxylic acids is 1. The molecule has 0 unspecified atom stereocenters. The lowest BCUT2D eigenvalue weighted by Crippen LogP contribution is -2.21. The van der Waals surface area contributed by atoms with Gasteiger partial charge in [-0.25, -0.2) is 19.0 Å². The molecule has 0 atom stereocenters. The fourth-order valence-electron chi connectivity index (χ4n) is 2.08. The van der Waals surface area contributed by atoms with Crippen LogP contribution in [0.1, 0.15) is 11.1 Å². The number of aromatic nitrogens is 4. The molecule has 7 heteroatoms. The van der Waals surface area contributed by atoms with E-state index in [4.69, 9.17) is 0 Å². The van der Waals surface area contributed by atoms with Crippen molar-refractivity contribution >= 4 is 12.0 Å². The van der Waals surface area contributed by atoms with Gasteiger partial charge in [-0.3, -0.25) is 4.79 Å². The van der Waals surface area contributed by atoms with E-state index in [9.17, 15) is 9.18 Å². The van der Waals surface area contributed by atoms with Crippen LogP contribution in [0.5, 0.6) is 0 Å². The molecule has 2 aromatic heterocycles. The maximum Gasteiger partial charge on any atom is 0.244 e. The first-order valence-corrected chi connectivity index (χ1v) is 7.23. The van der Waals surface area contributed by atoms with Gasteiger partial charge in [-0.1, -0.05) is 18.2 Å². The standard InChI is InChI=1S/C17H14FN5O/c18-15-6-3-13(4-7-15)5-8-16(24)21-10-14-2-1-9-20-17(14)23-12-19-11-22-23/h1-9,11-12H,10H2,(H,21,24)/b8-5-. The summed E-state index contributed by atoms with van der Waals surface area (Å²) in [5, 5.41) is 6.82. The van der Waals surface area contributed by atoms with Gasteiger partial charge in [-0.05, 0) is 29.8 Å². The molecule has 1 aromatic carbocycles. The molecule has 3 rings (SSSR count). The van der Waals surface area contributed by atoms with E-state index in [0.29, 0.717) is 12.4 Å². The molecule has 0 aliphatic heterocycles. The monoisotopic (exact) mass is 323 g/mol. The van der Waals surface area contributed by atoms with Gasteiger partial charge in [0.05, 0.1) is 0 Å². The van der Waals surface area contributed by atoms with Crippen LogP contribution in [0, 0.1) is 5.82 Å². The molecule has 0 spiro atoms. The summed E-state index contributed by atoms with van der Waals surface area (Å²) in [4.78, 5) is 20.1. The average Bonchev–Trinajstić information content (AvgIpc) is 3.14. The summed E-state index contributed by atoms with van der Waals surface area (Å²) in [6.45, 7) is 0.301. The molecular weight excluding hydrogens is 309 g/mol. The zero-order valence-electron chi connectivity index (χ0n) is 12.6. The Morgan fingerprint density at radius 1 is 1.25 bits per heavy atom. The minimum absolute atomic E-state index is 0.257. The lowest BCUT2D eigenvalue weighted by Gasteiger charge is -2.08. The lowest BCUT2D eigenvalue weighted by atomic mass is 10.2. The predicted octanol–water partition coefficient (Wildman–Crippen LogP) is 2.13. The summed E-state index contributed by atoms with van der Waals surface area (Å²) in [5.74, 6) is 0.0411. The Hall–Kier alpha value is -3.35. The zero-order chi connectivity index (χ0) is 16.8. The fourth-order valence-corrected chi connectivity index (χ4v) is 2.08. The molecule has 0 aliphatic carbocycles. The minimum Gasteiger partial charge on any atom is -0.348 e. The summed E-state index contributed by atoms with van der Waals surface area (Å²) in [5.41, 5.74) is 1.56. The molecule has 3 aromatic rings. The highest BCUT2D eigenvalue weighted by Gasteiger charge is 2.07. The molecule has 1 N–H and O–H groups in total. The van der Waals surface area contributed by atoms with Crippen LogP contribution in [0.3, 0.4) is 0 Å². The first-order valence-electron chi connectivity index (χ1n) is 7.23. The van der Waals surface area contributed by atoms with Crippen LogP contribution < -0.4 is 5.32 Å². The van der Waals surface area contributed by atoms with Crippen molar-refractivity contribution in [3.63, 3.8) is 0 Å². The van der Waals surface area contributed by atoms with Gasteiger partial charge >= 0.3 is 0 Å². The molecule has 0 saturated heterocycles. The molecule has 2 heterocycles. The van der Waals surface area contributed by atoms with E-state index in [1.54, 1.807) is 36.8 Å². The van der Waals surface area contributed by atoms with Crippen molar-refractivity contribution in [2.45, 2.75) is 6.54 Å². The number of hydrogen-bond donors (Lipinski definition) is 1. The van der Waals surface area contributed by atoms with E-state index < -0.39 is 0 Å². The molecule has 120 valence electrons. The van der Waals surface area contributed by atoms with Crippen molar-refractivity contribution < 1.29 is 9.18 Å². The first kappa shape index (κ1) is 15.5. The fraction of sp³-hybridized carbons (Fsp3) is 0.0588. The number of amides is 1. The maximum atomic E-state index is 12.8. The SMILES string of the molecule is O=C(/C=C\c1ccc(F)cc1)NCc1cccnc1-n1cncn1. The number of rotatable bonds is 5. The number of nitrogens with zero attached hydrogens (tertiary/aromatic N) is 4. The molecular formula is C17H14FN5O. The number of benzene rings is 1. The third-order valence-corrected chi connectivity index (χ3v) is 3.25. The van der Waals surface area contributed by atoms with E-state index in [0.717, 1.165) is 11.1 Å². The number of hydrogen-bond acceptors (Lipinski definition) is 4. The molecule has 0 saturated carbocycles. The highest BCUT2D eigenvalue weighted by atomic mass is 19.1. The second-order valence-corrected chi connectivity index (χ2v) is 4.93. The van der Waals surface area contributed by atoms with Gasteiger partial charge < -0.3 is 5.32 Å². The van der Waals surface area contributed by atoms with Gasteiger partial charge in [0.2, 0.25) is 5.91 Å². The third kappa shape index (κ3) is 3.89. The van der Waals surface area contributed by atoms with Crippen molar-refractivity contribution in [1.82, 2.24) is 25.1 Å². The van der Waals surface area contributed by atoms with Crippen molar-refractivity contribution in [2.24, 2.45) is 0 Å². The van der Waals surface area contributed by atoms with Crippen LogP contribution in [0.4, 0.5) is 4.39 Å². The second-order valence-electron chi connectivity index (χ2n) is 4.93. The Balaban J connectivity index is 1.64. The normalized spacial score (nSPS) is 10.9. The molecule has 0 radical (unpaired) electrons. The second kappa shape index (κ2) is 7.28. The summed E-state index contributed by atoms with van der Waals surface area (Å²) >= 11 is 0. The van der Waals surface area contributed by atoms with E-state index in [1.807, 2.05) is 6.07 Å². The minimum atomic E-state index is -0.311. The highest BCUT2D eigenvalue weighted by molar-refractivity contribution is 5.91. The van der Waals surface area contributed by atoms with Gasteiger partial charge in [0.1, 0.15) is 18.5 Å². The number of carbonyl (C=O) groups is 1. The Morgan fingerprint density at radius 3 is 2.83 bits per heavy atom. The Kier molecular flexibility index (Phi) is 4.71.